The molecule has 1 unspecified atom stereocenters. The maximum atomic E-state index is 12.1. The van der Waals surface area contributed by atoms with E-state index in [1.54, 1.807) is 7.11 Å². The van der Waals surface area contributed by atoms with E-state index in [0.29, 0.717) is 6.61 Å². The number of benzene rings is 1. The number of methoxy groups -OCH3 is 1. The van der Waals surface area contributed by atoms with E-state index in [0.717, 1.165) is 24.1 Å². The molecule has 0 radical (unpaired) electrons. The van der Waals surface area contributed by atoms with Crippen molar-refractivity contribution in [1.82, 2.24) is 5.32 Å². The van der Waals surface area contributed by atoms with E-state index in [4.69, 9.17) is 4.74 Å². The predicted molar refractivity (Wildman–Crippen MR) is 82.8 cm³/mol. The van der Waals surface area contributed by atoms with E-state index in [2.05, 4.69) is 24.5 Å². The third kappa shape index (κ3) is 4.85. The van der Waals surface area contributed by atoms with Crippen molar-refractivity contribution in [2.24, 2.45) is 0 Å². The standard InChI is InChI=1S/C16H26N2O2/c1-5-14(6-2)18-16(19)12(3)17-15-10-8-7-9-13(15)11-20-4/h7-10,12,14,17H,5-6,11H2,1-4H3,(H,18,19). The Morgan fingerprint density at radius 1 is 1.25 bits per heavy atom. The molecule has 0 aliphatic heterocycles. The smallest absolute Gasteiger partial charge is 0.242 e. The number of amides is 1. The molecule has 20 heavy (non-hydrogen) atoms. The van der Waals surface area contributed by atoms with Crippen LogP contribution in [0.2, 0.25) is 0 Å². The summed E-state index contributed by atoms with van der Waals surface area (Å²) in [5.41, 5.74) is 2.00. The lowest BCUT2D eigenvalue weighted by Crippen LogP contribution is -2.42. The number of anilines is 1. The van der Waals surface area contributed by atoms with Crippen molar-refractivity contribution < 1.29 is 9.53 Å². The molecule has 1 amide bonds. The van der Waals surface area contributed by atoms with Gasteiger partial charge in [0.25, 0.3) is 0 Å². The van der Waals surface area contributed by atoms with E-state index < -0.39 is 0 Å². The Kier molecular flexibility index (Phi) is 7.09. The van der Waals surface area contributed by atoms with Gasteiger partial charge in [0.1, 0.15) is 6.04 Å². The molecule has 0 aliphatic rings. The quantitative estimate of drug-likeness (QED) is 0.768. The molecule has 1 rings (SSSR count). The van der Waals surface area contributed by atoms with Crippen LogP contribution in [0.3, 0.4) is 0 Å². The van der Waals surface area contributed by atoms with Crippen molar-refractivity contribution in [3.8, 4) is 0 Å². The van der Waals surface area contributed by atoms with E-state index in [1.807, 2.05) is 31.2 Å². The van der Waals surface area contributed by atoms with Crippen molar-refractivity contribution in [3.05, 3.63) is 29.8 Å². The summed E-state index contributed by atoms with van der Waals surface area (Å²) in [6, 6.07) is 7.86. The van der Waals surface area contributed by atoms with Gasteiger partial charge in [-0.2, -0.15) is 0 Å². The number of nitrogens with one attached hydrogen (secondary N) is 2. The monoisotopic (exact) mass is 278 g/mol. The van der Waals surface area contributed by atoms with Gasteiger partial charge in [0.15, 0.2) is 0 Å². The lowest BCUT2D eigenvalue weighted by Gasteiger charge is -2.21. The Bertz CT molecular complexity index is 417. The first-order valence-corrected chi connectivity index (χ1v) is 7.26. The molecule has 0 heterocycles. The van der Waals surface area contributed by atoms with E-state index in [9.17, 15) is 4.79 Å². The Balaban J connectivity index is 2.65. The molecule has 112 valence electrons. The molecule has 0 saturated heterocycles. The van der Waals surface area contributed by atoms with Crippen LogP contribution in [0.4, 0.5) is 5.69 Å². The molecule has 0 aromatic heterocycles. The summed E-state index contributed by atoms with van der Waals surface area (Å²) in [5, 5.41) is 6.31. The molecule has 1 aromatic rings. The average molecular weight is 278 g/mol. The number of para-hydroxylation sites is 1. The number of carbonyl (C=O) groups excluding carboxylic acids is 1. The summed E-state index contributed by atoms with van der Waals surface area (Å²) in [6.45, 7) is 6.58. The fourth-order valence-electron chi connectivity index (χ4n) is 2.06. The minimum atomic E-state index is -0.270. The molecular formula is C16H26N2O2. The summed E-state index contributed by atoms with van der Waals surface area (Å²) in [7, 11) is 1.67. The first kappa shape index (κ1) is 16.5. The van der Waals surface area contributed by atoms with Gasteiger partial charge in [0, 0.05) is 24.4 Å². The van der Waals surface area contributed by atoms with Gasteiger partial charge in [0.2, 0.25) is 5.91 Å². The van der Waals surface area contributed by atoms with Gasteiger partial charge in [-0.15, -0.1) is 0 Å². The van der Waals surface area contributed by atoms with Gasteiger partial charge in [-0.3, -0.25) is 4.79 Å². The fourth-order valence-corrected chi connectivity index (χ4v) is 2.06. The van der Waals surface area contributed by atoms with E-state index >= 15 is 0 Å². The zero-order valence-corrected chi connectivity index (χ0v) is 12.9. The fraction of sp³-hybridized carbons (Fsp3) is 0.562. The van der Waals surface area contributed by atoms with Crippen LogP contribution in [0.5, 0.6) is 0 Å². The van der Waals surface area contributed by atoms with E-state index in [1.165, 1.54) is 0 Å². The first-order chi connectivity index (χ1) is 9.62. The summed E-state index contributed by atoms with van der Waals surface area (Å²) in [6.07, 6.45) is 1.91. The van der Waals surface area contributed by atoms with Crippen LogP contribution >= 0.6 is 0 Å². The molecular weight excluding hydrogens is 252 g/mol. The second kappa shape index (κ2) is 8.59. The van der Waals surface area contributed by atoms with Crippen LogP contribution in [0, 0.1) is 0 Å². The minimum absolute atomic E-state index is 0.0333. The van der Waals surface area contributed by atoms with Crippen molar-refractivity contribution in [2.75, 3.05) is 12.4 Å². The van der Waals surface area contributed by atoms with Crippen LogP contribution in [-0.4, -0.2) is 25.1 Å². The Morgan fingerprint density at radius 2 is 1.90 bits per heavy atom. The highest BCUT2D eigenvalue weighted by molar-refractivity contribution is 5.84. The maximum absolute atomic E-state index is 12.1. The highest BCUT2D eigenvalue weighted by Crippen LogP contribution is 2.17. The first-order valence-electron chi connectivity index (χ1n) is 7.26. The zero-order valence-electron chi connectivity index (χ0n) is 12.9. The number of rotatable bonds is 8. The maximum Gasteiger partial charge on any atom is 0.242 e. The summed E-state index contributed by atoms with van der Waals surface area (Å²) < 4.78 is 5.17. The third-order valence-corrected chi connectivity index (χ3v) is 3.41. The van der Waals surface area contributed by atoms with Crippen molar-refractivity contribution in [1.29, 1.82) is 0 Å². The Hall–Kier alpha value is -1.55. The van der Waals surface area contributed by atoms with Crippen LogP contribution in [-0.2, 0) is 16.1 Å². The van der Waals surface area contributed by atoms with Crippen molar-refractivity contribution in [2.45, 2.75) is 52.3 Å². The normalized spacial score (nSPS) is 12.2. The van der Waals surface area contributed by atoms with Crippen LogP contribution in [0.15, 0.2) is 24.3 Å². The largest absolute Gasteiger partial charge is 0.380 e. The predicted octanol–water partition coefficient (Wildman–Crippen LogP) is 2.94. The third-order valence-electron chi connectivity index (χ3n) is 3.41. The lowest BCUT2D eigenvalue weighted by atomic mass is 10.1. The van der Waals surface area contributed by atoms with Gasteiger partial charge in [0.05, 0.1) is 6.61 Å². The highest BCUT2D eigenvalue weighted by atomic mass is 16.5. The molecule has 4 nitrogen and oxygen atoms in total. The number of hydrogen-bond acceptors (Lipinski definition) is 3. The highest BCUT2D eigenvalue weighted by Gasteiger charge is 2.16. The van der Waals surface area contributed by atoms with Gasteiger partial charge in [-0.25, -0.2) is 0 Å². The topological polar surface area (TPSA) is 50.4 Å². The summed E-state index contributed by atoms with van der Waals surface area (Å²) >= 11 is 0. The molecule has 0 aliphatic carbocycles. The SMILES string of the molecule is CCC(CC)NC(=O)C(C)Nc1ccccc1COC. The van der Waals surface area contributed by atoms with E-state index in [-0.39, 0.29) is 18.0 Å². The van der Waals surface area contributed by atoms with Crippen LogP contribution in [0.25, 0.3) is 0 Å². The molecule has 0 bridgehead atoms. The second-order valence-electron chi connectivity index (χ2n) is 4.98. The molecule has 0 spiro atoms. The summed E-state index contributed by atoms with van der Waals surface area (Å²) in [4.78, 5) is 12.1. The number of hydrogen-bond donors (Lipinski definition) is 2. The average Bonchev–Trinajstić information content (AvgIpc) is 2.46. The second-order valence-corrected chi connectivity index (χ2v) is 4.98. The lowest BCUT2D eigenvalue weighted by molar-refractivity contribution is -0.122. The van der Waals surface area contributed by atoms with Crippen molar-refractivity contribution in [3.63, 3.8) is 0 Å². The molecule has 0 saturated carbocycles. The van der Waals surface area contributed by atoms with Crippen LogP contribution < -0.4 is 10.6 Å². The minimum Gasteiger partial charge on any atom is -0.380 e. The molecule has 2 N–H and O–H groups in total. The van der Waals surface area contributed by atoms with Crippen LogP contribution in [0.1, 0.15) is 39.2 Å². The van der Waals surface area contributed by atoms with Gasteiger partial charge >= 0.3 is 0 Å². The molecule has 0 fully saturated rings. The van der Waals surface area contributed by atoms with Gasteiger partial charge in [-0.05, 0) is 25.8 Å². The molecule has 1 atom stereocenters. The van der Waals surface area contributed by atoms with Gasteiger partial charge in [-0.1, -0.05) is 32.0 Å². The number of carbonyl (C=O) groups is 1. The Labute approximate surface area is 121 Å². The zero-order chi connectivity index (χ0) is 15.0. The summed E-state index contributed by atoms with van der Waals surface area (Å²) in [5.74, 6) is 0.0333. The Morgan fingerprint density at radius 3 is 2.50 bits per heavy atom. The van der Waals surface area contributed by atoms with Crippen molar-refractivity contribution >= 4 is 11.6 Å². The van der Waals surface area contributed by atoms with Gasteiger partial charge < -0.3 is 15.4 Å². The number of ether oxygens (including phenoxy) is 1. The molecule has 4 heteroatoms. The molecule has 1 aromatic carbocycles.